The van der Waals surface area contributed by atoms with Crippen LogP contribution >= 0.6 is 15.9 Å². The van der Waals surface area contributed by atoms with Gasteiger partial charge in [0.25, 0.3) is 0 Å². The number of pyridine rings is 2. The summed E-state index contributed by atoms with van der Waals surface area (Å²) in [4.78, 5) is 11.3. The van der Waals surface area contributed by atoms with Gasteiger partial charge in [-0.25, -0.2) is 0 Å². The highest BCUT2D eigenvalue weighted by Gasteiger charge is 2.21. The van der Waals surface area contributed by atoms with E-state index in [1.165, 1.54) is 0 Å². The van der Waals surface area contributed by atoms with Crippen molar-refractivity contribution in [2.24, 2.45) is 5.73 Å². The molecule has 112 valence electrons. The average molecular weight is 351 g/mol. The third kappa shape index (κ3) is 3.33. The molecule has 0 amide bonds. The van der Waals surface area contributed by atoms with Gasteiger partial charge in [-0.15, -0.1) is 0 Å². The predicted molar refractivity (Wildman–Crippen MR) is 87.5 cm³/mol. The molecule has 6 heteroatoms. The van der Waals surface area contributed by atoms with Crippen LogP contribution in [0, 0.1) is 0 Å². The zero-order chi connectivity index (χ0) is 14.7. The molecule has 3 heterocycles. The fourth-order valence-corrected chi connectivity index (χ4v) is 3.06. The van der Waals surface area contributed by atoms with Crippen LogP contribution in [0.25, 0.3) is 11.0 Å². The zero-order valence-electron chi connectivity index (χ0n) is 11.8. The number of halogens is 1. The van der Waals surface area contributed by atoms with Gasteiger partial charge in [0.15, 0.2) is 0 Å². The first kappa shape index (κ1) is 14.7. The van der Waals surface area contributed by atoms with Gasteiger partial charge in [0, 0.05) is 36.5 Å². The summed E-state index contributed by atoms with van der Waals surface area (Å²) < 4.78 is 6.69. The van der Waals surface area contributed by atoms with Crippen molar-refractivity contribution in [2.75, 3.05) is 31.1 Å². The number of aromatic nitrogens is 2. The molecular formula is C15H19BrN4O. The number of fused-ring (bicyclic) bond motifs is 1. The molecule has 2 N–H and O–H groups in total. The number of piperidine rings is 1. The van der Waals surface area contributed by atoms with Crippen LogP contribution in [0.15, 0.2) is 29.0 Å². The Bertz CT molecular complexity index is 614. The van der Waals surface area contributed by atoms with Crippen molar-refractivity contribution in [3.05, 3.63) is 29.0 Å². The van der Waals surface area contributed by atoms with Gasteiger partial charge in [0.1, 0.15) is 5.52 Å². The molecule has 1 aliphatic heterocycles. The normalized spacial score (nSPS) is 16.6. The van der Waals surface area contributed by atoms with Crippen molar-refractivity contribution in [1.82, 2.24) is 9.97 Å². The quantitative estimate of drug-likeness (QED) is 0.916. The van der Waals surface area contributed by atoms with Gasteiger partial charge in [0.2, 0.25) is 0 Å². The number of nitrogens with zero attached hydrogens (tertiary/aromatic N) is 3. The topological polar surface area (TPSA) is 64.3 Å². The maximum absolute atomic E-state index is 5.73. The lowest BCUT2D eigenvalue weighted by Crippen LogP contribution is -2.37. The van der Waals surface area contributed by atoms with E-state index < -0.39 is 0 Å². The summed E-state index contributed by atoms with van der Waals surface area (Å²) >= 11 is 3.44. The minimum absolute atomic E-state index is 0.333. The van der Waals surface area contributed by atoms with Gasteiger partial charge < -0.3 is 15.4 Å². The summed E-state index contributed by atoms with van der Waals surface area (Å²) in [5.41, 5.74) is 8.52. The van der Waals surface area contributed by atoms with Crippen LogP contribution in [0.3, 0.4) is 0 Å². The molecule has 3 rings (SSSR count). The third-order valence-electron chi connectivity index (χ3n) is 3.78. The molecule has 0 saturated carbocycles. The van der Waals surface area contributed by atoms with Gasteiger partial charge in [-0.2, -0.15) is 0 Å². The van der Waals surface area contributed by atoms with Gasteiger partial charge >= 0.3 is 0 Å². The van der Waals surface area contributed by atoms with Gasteiger partial charge in [0.05, 0.1) is 23.9 Å². The maximum Gasteiger partial charge on any atom is 0.112 e. The van der Waals surface area contributed by atoms with Gasteiger partial charge in [-0.1, -0.05) is 0 Å². The van der Waals surface area contributed by atoms with Crippen LogP contribution in [0.5, 0.6) is 0 Å². The minimum atomic E-state index is 0.333. The van der Waals surface area contributed by atoms with Crippen LogP contribution in [0.1, 0.15) is 12.8 Å². The summed E-state index contributed by atoms with van der Waals surface area (Å²) in [6.45, 7) is 3.20. The van der Waals surface area contributed by atoms with E-state index in [4.69, 9.17) is 10.5 Å². The summed E-state index contributed by atoms with van der Waals surface area (Å²) in [5.74, 6) is 0. The standard InChI is InChI=1S/C15H19BrN4O/c16-11-9-13-15(19-10-11)14(1-5-18-13)20-6-2-12(3-7-20)21-8-4-17/h1,5,9-10,12H,2-4,6-8,17H2. The highest BCUT2D eigenvalue weighted by Crippen LogP contribution is 2.28. The van der Waals surface area contributed by atoms with Crippen LogP contribution in [0.2, 0.25) is 0 Å². The molecular weight excluding hydrogens is 332 g/mol. The van der Waals surface area contributed by atoms with E-state index in [1.54, 1.807) is 0 Å². The summed E-state index contributed by atoms with van der Waals surface area (Å²) in [6, 6.07) is 4.05. The Labute approximate surface area is 132 Å². The molecule has 0 spiro atoms. The fourth-order valence-electron chi connectivity index (χ4n) is 2.74. The second-order valence-electron chi connectivity index (χ2n) is 5.20. The molecule has 0 radical (unpaired) electrons. The lowest BCUT2D eigenvalue weighted by atomic mass is 10.1. The molecule has 0 bridgehead atoms. The summed E-state index contributed by atoms with van der Waals surface area (Å²) in [6.07, 6.45) is 6.06. The van der Waals surface area contributed by atoms with E-state index in [9.17, 15) is 0 Å². The van der Waals surface area contributed by atoms with E-state index in [-0.39, 0.29) is 0 Å². The highest BCUT2D eigenvalue weighted by atomic mass is 79.9. The van der Waals surface area contributed by atoms with Crippen LogP contribution in [0.4, 0.5) is 5.69 Å². The van der Waals surface area contributed by atoms with Crippen molar-refractivity contribution in [3.8, 4) is 0 Å². The highest BCUT2D eigenvalue weighted by molar-refractivity contribution is 9.10. The predicted octanol–water partition coefficient (Wildman–Crippen LogP) is 2.34. The van der Waals surface area contributed by atoms with Crippen LogP contribution in [-0.2, 0) is 4.74 Å². The lowest BCUT2D eigenvalue weighted by Gasteiger charge is -2.33. The Morgan fingerprint density at radius 1 is 1.33 bits per heavy atom. The van der Waals surface area contributed by atoms with E-state index in [1.807, 2.05) is 24.5 Å². The number of anilines is 1. The molecule has 0 atom stereocenters. The van der Waals surface area contributed by atoms with Crippen molar-refractivity contribution in [3.63, 3.8) is 0 Å². The summed E-state index contributed by atoms with van der Waals surface area (Å²) in [5, 5.41) is 0. The van der Waals surface area contributed by atoms with Crippen molar-refractivity contribution < 1.29 is 4.74 Å². The Morgan fingerprint density at radius 3 is 2.90 bits per heavy atom. The average Bonchev–Trinajstić information content (AvgIpc) is 2.52. The first-order chi connectivity index (χ1) is 10.3. The van der Waals surface area contributed by atoms with Crippen molar-refractivity contribution >= 4 is 32.7 Å². The first-order valence-electron chi connectivity index (χ1n) is 7.25. The molecule has 2 aromatic heterocycles. The van der Waals surface area contributed by atoms with Gasteiger partial charge in [-0.3, -0.25) is 9.97 Å². The lowest BCUT2D eigenvalue weighted by molar-refractivity contribution is 0.0422. The van der Waals surface area contributed by atoms with Gasteiger partial charge in [-0.05, 0) is 40.9 Å². The number of hydrogen-bond acceptors (Lipinski definition) is 5. The maximum atomic E-state index is 5.73. The Hall–Kier alpha value is -1.24. The molecule has 1 aliphatic rings. The Balaban J connectivity index is 1.76. The molecule has 2 aromatic rings. The molecule has 0 aromatic carbocycles. The van der Waals surface area contributed by atoms with Crippen molar-refractivity contribution in [1.29, 1.82) is 0 Å². The number of rotatable bonds is 4. The van der Waals surface area contributed by atoms with Crippen LogP contribution in [-0.4, -0.2) is 42.3 Å². The minimum Gasteiger partial charge on any atom is -0.377 e. The molecule has 0 aliphatic carbocycles. The fraction of sp³-hybridized carbons (Fsp3) is 0.467. The smallest absolute Gasteiger partial charge is 0.112 e. The largest absolute Gasteiger partial charge is 0.377 e. The van der Waals surface area contributed by atoms with Crippen molar-refractivity contribution in [2.45, 2.75) is 18.9 Å². The number of hydrogen-bond donors (Lipinski definition) is 1. The molecule has 0 unspecified atom stereocenters. The Kier molecular flexibility index (Phi) is 4.67. The summed E-state index contributed by atoms with van der Waals surface area (Å²) in [7, 11) is 0. The second kappa shape index (κ2) is 6.68. The SMILES string of the molecule is NCCOC1CCN(c2ccnc3cc(Br)cnc23)CC1. The third-order valence-corrected chi connectivity index (χ3v) is 4.21. The second-order valence-corrected chi connectivity index (χ2v) is 6.11. The van der Waals surface area contributed by atoms with E-state index >= 15 is 0 Å². The zero-order valence-corrected chi connectivity index (χ0v) is 13.4. The molecule has 1 saturated heterocycles. The van der Waals surface area contributed by atoms with E-state index in [0.29, 0.717) is 19.3 Å². The monoisotopic (exact) mass is 350 g/mol. The Morgan fingerprint density at radius 2 is 2.14 bits per heavy atom. The van der Waals surface area contributed by atoms with Crippen LogP contribution < -0.4 is 10.6 Å². The molecule has 21 heavy (non-hydrogen) atoms. The first-order valence-corrected chi connectivity index (χ1v) is 8.04. The molecule has 5 nitrogen and oxygen atoms in total. The number of ether oxygens (including phenoxy) is 1. The molecule has 1 fully saturated rings. The van der Waals surface area contributed by atoms with E-state index in [0.717, 1.165) is 47.1 Å². The number of nitrogens with two attached hydrogens (primary N) is 1. The van der Waals surface area contributed by atoms with E-state index in [2.05, 4.69) is 30.8 Å².